The normalized spacial score (nSPS) is 23.4. The van der Waals surface area contributed by atoms with Gasteiger partial charge >= 0.3 is 0 Å². The van der Waals surface area contributed by atoms with Crippen LogP contribution < -0.4 is 10.6 Å². The Morgan fingerprint density at radius 2 is 2.29 bits per heavy atom. The number of piperidine rings is 1. The lowest BCUT2D eigenvalue weighted by Crippen LogP contribution is -2.42. The average molecular weight is 289 g/mol. The van der Waals surface area contributed by atoms with Crippen molar-refractivity contribution < 1.29 is 0 Å². The van der Waals surface area contributed by atoms with Crippen LogP contribution in [0.2, 0.25) is 0 Å². The van der Waals surface area contributed by atoms with Gasteiger partial charge in [-0.2, -0.15) is 15.1 Å². The molecule has 0 radical (unpaired) electrons. The molecule has 3 heterocycles. The number of nitrogens with one attached hydrogen (secondary N) is 3. The molecule has 1 aliphatic heterocycles. The number of aromatic amines is 1. The highest BCUT2D eigenvalue weighted by Gasteiger charge is 2.23. The molecule has 1 saturated heterocycles. The molecule has 114 valence electrons. The molecule has 0 bridgehead atoms. The Hall–Kier alpha value is -1.89. The van der Waals surface area contributed by atoms with Crippen LogP contribution in [0.25, 0.3) is 11.0 Å². The Balaban J connectivity index is 1.83. The molecule has 3 rings (SSSR count). The molecule has 1 fully saturated rings. The van der Waals surface area contributed by atoms with E-state index in [1.807, 2.05) is 6.92 Å². The Morgan fingerprint density at radius 1 is 1.43 bits per heavy atom. The fraction of sp³-hybridized carbons (Fsp3) is 0.643. The lowest BCUT2D eigenvalue weighted by molar-refractivity contribution is 0.190. The van der Waals surface area contributed by atoms with E-state index < -0.39 is 0 Å². The number of likely N-dealkylation sites (tertiary alicyclic amines) is 1. The summed E-state index contributed by atoms with van der Waals surface area (Å²) in [5, 5.41) is 14.7. The van der Waals surface area contributed by atoms with Gasteiger partial charge in [-0.3, -0.25) is 5.10 Å². The minimum atomic E-state index is 0.443. The summed E-state index contributed by atoms with van der Waals surface area (Å²) in [4.78, 5) is 11.4. The second-order valence-electron chi connectivity index (χ2n) is 5.75. The number of hydrogen-bond donors (Lipinski definition) is 3. The van der Waals surface area contributed by atoms with Crippen molar-refractivity contribution in [3.05, 3.63) is 6.20 Å². The average Bonchev–Trinajstić information content (AvgIpc) is 2.92. The maximum atomic E-state index is 4.59. The first-order valence-corrected chi connectivity index (χ1v) is 7.59. The molecule has 2 atom stereocenters. The van der Waals surface area contributed by atoms with Gasteiger partial charge in [-0.1, -0.05) is 0 Å². The highest BCUT2D eigenvalue weighted by molar-refractivity contribution is 5.87. The van der Waals surface area contributed by atoms with Gasteiger partial charge in [-0.15, -0.1) is 0 Å². The fourth-order valence-electron chi connectivity index (χ4n) is 2.80. The van der Waals surface area contributed by atoms with Gasteiger partial charge in [0.1, 0.15) is 5.82 Å². The first kappa shape index (κ1) is 14.1. The van der Waals surface area contributed by atoms with Gasteiger partial charge in [0, 0.05) is 25.2 Å². The van der Waals surface area contributed by atoms with Crippen LogP contribution in [-0.4, -0.2) is 57.3 Å². The summed E-state index contributed by atoms with van der Waals surface area (Å²) in [7, 11) is 2.18. The minimum absolute atomic E-state index is 0.443. The summed E-state index contributed by atoms with van der Waals surface area (Å²) in [6.45, 7) is 6.21. The van der Waals surface area contributed by atoms with E-state index in [-0.39, 0.29) is 0 Å². The van der Waals surface area contributed by atoms with Gasteiger partial charge < -0.3 is 15.5 Å². The predicted molar refractivity (Wildman–Crippen MR) is 84.6 cm³/mol. The van der Waals surface area contributed by atoms with Crippen LogP contribution in [-0.2, 0) is 0 Å². The standard InChI is InChI=1S/C14H23N7/c1-4-15-14-18-12(11-8-16-20-13(11)19-14)17-10-5-6-21(3)9(2)7-10/h8-10H,4-7H2,1-3H3,(H3,15,16,17,18,19,20). The second-order valence-corrected chi connectivity index (χ2v) is 5.75. The van der Waals surface area contributed by atoms with Crippen LogP contribution in [0, 0.1) is 0 Å². The predicted octanol–water partition coefficient (Wildman–Crippen LogP) is 1.68. The summed E-state index contributed by atoms with van der Waals surface area (Å²) in [6, 6.07) is 1.03. The zero-order valence-electron chi connectivity index (χ0n) is 12.8. The first-order chi connectivity index (χ1) is 10.2. The molecule has 7 nitrogen and oxygen atoms in total. The van der Waals surface area contributed by atoms with Gasteiger partial charge in [0.15, 0.2) is 5.65 Å². The molecular formula is C14H23N7. The van der Waals surface area contributed by atoms with E-state index in [9.17, 15) is 0 Å². The third kappa shape index (κ3) is 2.92. The van der Waals surface area contributed by atoms with Crippen molar-refractivity contribution in [2.45, 2.75) is 38.8 Å². The lowest BCUT2D eigenvalue weighted by Gasteiger charge is -2.35. The van der Waals surface area contributed by atoms with Crippen molar-refractivity contribution in [3.8, 4) is 0 Å². The van der Waals surface area contributed by atoms with Crippen molar-refractivity contribution in [2.75, 3.05) is 30.8 Å². The topological polar surface area (TPSA) is 81.8 Å². The number of hydrogen-bond acceptors (Lipinski definition) is 6. The number of fused-ring (bicyclic) bond motifs is 1. The number of rotatable bonds is 4. The van der Waals surface area contributed by atoms with Crippen LogP contribution in [0.15, 0.2) is 6.20 Å². The van der Waals surface area contributed by atoms with Gasteiger partial charge in [0.05, 0.1) is 11.6 Å². The molecular weight excluding hydrogens is 266 g/mol. The Morgan fingerprint density at radius 3 is 3.05 bits per heavy atom. The van der Waals surface area contributed by atoms with Crippen molar-refractivity contribution in [1.29, 1.82) is 0 Å². The van der Waals surface area contributed by atoms with E-state index in [0.717, 1.165) is 42.8 Å². The summed E-state index contributed by atoms with van der Waals surface area (Å²) in [6.07, 6.45) is 4.03. The highest BCUT2D eigenvalue weighted by atomic mass is 15.2. The summed E-state index contributed by atoms with van der Waals surface area (Å²) in [5.74, 6) is 1.50. The molecule has 0 spiro atoms. The largest absolute Gasteiger partial charge is 0.366 e. The van der Waals surface area contributed by atoms with E-state index in [1.54, 1.807) is 6.20 Å². The van der Waals surface area contributed by atoms with Gasteiger partial charge in [-0.05, 0) is 33.7 Å². The Kier molecular flexibility index (Phi) is 3.92. The maximum Gasteiger partial charge on any atom is 0.226 e. The number of H-pyrrole nitrogens is 1. The molecule has 2 unspecified atom stereocenters. The zero-order valence-corrected chi connectivity index (χ0v) is 12.8. The molecule has 21 heavy (non-hydrogen) atoms. The van der Waals surface area contributed by atoms with E-state index in [0.29, 0.717) is 18.0 Å². The Bertz CT molecular complexity index is 608. The molecule has 3 N–H and O–H groups in total. The van der Waals surface area contributed by atoms with Gasteiger partial charge in [0.25, 0.3) is 0 Å². The van der Waals surface area contributed by atoms with E-state index in [1.165, 1.54) is 0 Å². The lowest BCUT2D eigenvalue weighted by atomic mass is 9.99. The summed E-state index contributed by atoms with van der Waals surface area (Å²) in [5.41, 5.74) is 0.768. The van der Waals surface area contributed by atoms with Crippen LogP contribution >= 0.6 is 0 Å². The van der Waals surface area contributed by atoms with Crippen molar-refractivity contribution >= 4 is 22.8 Å². The monoisotopic (exact) mass is 289 g/mol. The third-order valence-electron chi connectivity index (χ3n) is 4.19. The van der Waals surface area contributed by atoms with E-state index in [2.05, 4.69) is 49.7 Å². The van der Waals surface area contributed by atoms with Gasteiger partial charge in [-0.25, -0.2) is 0 Å². The molecule has 7 heteroatoms. The van der Waals surface area contributed by atoms with Crippen LogP contribution in [0.4, 0.5) is 11.8 Å². The quantitative estimate of drug-likeness (QED) is 0.794. The second kappa shape index (κ2) is 5.85. The zero-order chi connectivity index (χ0) is 14.8. The molecule has 2 aromatic heterocycles. The van der Waals surface area contributed by atoms with Crippen LogP contribution in [0.1, 0.15) is 26.7 Å². The number of aromatic nitrogens is 4. The molecule has 1 aliphatic rings. The van der Waals surface area contributed by atoms with Crippen molar-refractivity contribution in [3.63, 3.8) is 0 Å². The first-order valence-electron chi connectivity index (χ1n) is 7.59. The van der Waals surface area contributed by atoms with E-state index in [4.69, 9.17) is 0 Å². The molecule has 0 aliphatic carbocycles. The molecule has 0 amide bonds. The van der Waals surface area contributed by atoms with Crippen LogP contribution in [0.3, 0.4) is 0 Å². The molecule has 0 saturated carbocycles. The fourth-order valence-corrected chi connectivity index (χ4v) is 2.80. The third-order valence-corrected chi connectivity index (χ3v) is 4.19. The van der Waals surface area contributed by atoms with Crippen LogP contribution in [0.5, 0.6) is 0 Å². The summed E-state index contributed by atoms with van der Waals surface area (Å²) < 4.78 is 0. The SMILES string of the molecule is CCNc1nc(NC2CCN(C)C(C)C2)c2cn[nH]c2n1. The smallest absolute Gasteiger partial charge is 0.226 e. The maximum absolute atomic E-state index is 4.59. The Labute approximate surface area is 124 Å². The van der Waals surface area contributed by atoms with Crippen molar-refractivity contribution in [1.82, 2.24) is 25.1 Å². The minimum Gasteiger partial charge on any atom is -0.366 e. The summed E-state index contributed by atoms with van der Waals surface area (Å²) >= 11 is 0. The molecule has 2 aromatic rings. The highest BCUT2D eigenvalue weighted by Crippen LogP contribution is 2.24. The molecule has 0 aromatic carbocycles. The van der Waals surface area contributed by atoms with E-state index >= 15 is 0 Å². The number of anilines is 2. The number of nitrogens with zero attached hydrogens (tertiary/aromatic N) is 4. The van der Waals surface area contributed by atoms with Gasteiger partial charge in [0.2, 0.25) is 5.95 Å². The van der Waals surface area contributed by atoms with Crippen molar-refractivity contribution in [2.24, 2.45) is 0 Å².